The average molecular weight is 327 g/mol. The quantitative estimate of drug-likeness (QED) is 0.805. The van der Waals surface area contributed by atoms with Gasteiger partial charge in [0.1, 0.15) is 5.82 Å². The molecular weight excluding hydrogens is 305 g/mol. The lowest BCUT2D eigenvalue weighted by Gasteiger charge is -2.20. The molecule has 0 bridgehead atoms. The fourth-order valence-electron chi connectivity index (χ4n) is 3.30. The second-order valence-corrected chi connectivity index (χ2v) is 6.51. The van der Waals surface area contributed by atoms with E-state index in [-0.39, 0.29) is 23.7 Å². The molecule has 2 atom stereocenters. The normalized spacial score (nSPS) is 18.9. The largest absolute Gasteiger partial charge is 0.286 e. The van der Waals surface area contributed by atoms with Crippen molar-refractivity contribution in [3.05, 3.63) is 59.9 Å². The molecule has 2 unspecified atom stereocenters. The average Bonchev–Trinajstić information content (AvgIpc) is 2.92. The van der Waals surface area contributed by atoms with Crippen molar-refractivity contribution in [1.29, 1.82) is 0 Å². The molecule has 0 aliphatic carbocycles. The van der Waals surface area contributed by atoms with Crippen molar-refractivity contribution in [1.82, 2.24) is 5.06 Å². The molecule has 0 spiro atoms. The third-order valence-electron chi connectivity index (χ3n) is 4.87. The summed E-state index contributed by atoms with van der Waals surface area (Å²) in [5, 5.41) is 10.5. The maximum absolute atomic E-state index is 14.5. The molecule has 0 saturated carbocycles. The monoisotopic (exact) mass is 327 g/mol. The molecule has 1 aliphatic heterocycles. The Kier molecular flexibility index (Phi) is 4.95. The Bertz CT molecular complexity index is 717. The van der Waals surface area contributed by atoms with E-state index in [9.17, 15) is 14.4 Å². The zero-order valence-corrected chi connectivity index (χ0v) is 13.8. The molecule has 1 fully saturated rings. The number of nitrogens with zero attached hydrogens (tertiary/aromatic N) is 1. The highest BCUT2D eigenvalue weighted by atomic mass is 19.1. The van der Waals surface area contributed by atoms with E-state index in [4.69, 9.17) is 0 Å². The second kappa shape index (κ2) is 7.14. The van der Waals surface area contributed by atoms with Crippen molar-refractivity contribution in [2.75, 3.05) is 0 Å². The van der Waals surface area contributed by atoms with Gasteiger partial charge in [-0.15, -0.1) is 0 Å². The maximum atomic E-state index is 14.5. The number of hydroxylamine groups is 2. The molecule has 2 aromatic carbocycles. The van der Waals surface area contributed by atoms with E-state index in [1.54, 1.807) is 6.07 Å². The van der Waals surface area contributed by atoms with E-state index in [0.717, 1.165) is 29.0 Å². The van der Waals surface area contributed by atoms with Crippen molar-refractivity contribution in [2.24, 2.45) is 0 Å². The molecular formula is C20H22FNO2. The Balaban J connectivity index is 1.66. The standard InChI is InChI=1S/C20H22FNO2/c1-14(7-9-17-10-12-20(23)22(17)24)16-8-11-18(19(21)13-16)15-5-3-2-4-6-15/h2-6,8,11,13-14,17,24H,7,9-10,12H2,1H3. The highest BCUT2D eigenvalue weighted by Crippen LogP contribution is 2.30. The van der Waals surface area contributed by atoms with Crippen LogP contribution in [0.15, 0.2) is 48.5 Å². The molecule has 1 amide bonds. The van der Waals surface area contributed by atoms with Crippen molar-refractivity contribution in [3.63, 3.8) is 0 Å². The van der Waals surface area contributed by atoms with E-state index in [1.165, 1.54) is 0 Å². The van der Waals surface area contributed by atoms with Crippen LogP contribution in [0.1, 0.15) is 44.1 Å². The van der Waals surface area contributed by atoms with E-state index in [0.29, 0.717) is 18.4 Å². The van der Waals surface area contributed by atoms with Crippen LogP contribution in [-0.2, 0) is 4.79 Å². The molecule has 0 aromatic heterocycles. The molecule has 3 nitrogen and oxygen atoms in total. The lowest BCUT2D eigenvalue weighted by Crippen LogP contribution is -2.29. The van der Waals surface area contributed by atoms with Crippen LogP contribution in [0.25, 0.3) is 11.1 Å². The zero-order chi connectivity index (χ0) is 17.1. The number of rotatable bonds is 5. The Morgan fingerprint density at radius 1 is 1.25 bits per heavy atom. The number of carbonyl (C=O) groups excluding carboxylic acids is 1. The van der Waals surface area contributed by atoms with Gasteiger partial charge in [0.05, 0.1) is 6.04 Å². The van der Waals surface area contributed by atoms with E-state index >= 15 is 0 Å². The number of benzene rings is 2. The molecule has 126 valence electrons. The first kappa shape index (κ1) is 16.7. The van der Waals surface area contributed by atoms with Crippen LogP contribution < -0.4 is 0 Å². The van der Waals surface area contributed by atoms with Crippen molar-refractivity contribution in [3.8, 4) is 11.1 Å². The summed E-state index contributed by atoms with van der Waals surface area (Å²) in [7, 11) is 0. The predicted octanol–water partition coefficient (Wildman–Crippen LogP) is 4.76. The first-order valence-electron chi connectivity index (χ1n) is 8.42. The van der Waals surface area contributed by atoms with Gasteiger partial charge in [0.2, 0.25) is 5.91 Å². The van der Waals surface area contributed by atoms with Gasteiger partial charge >= 0.3 is 0 Å². The summed E-state index contributed by atoms with van der Waals surface area (Å²) in [5.41, 5.74) is 2.42. The summed E-state index contributed by atoms with van der Waals surface area (Å²) in [6.45, 7) is 2.05. The molecule has 2 aromatic rings. The highest BCUT2D eigenvalue weighted by Gasteiger charge is 2.29. The summed E-state index contributed by atoms with van der Waals surface area (Å²) in [5.74, 6) is -0.246. The number of halogens is 1. The van der Waals surface area contributed by atoms with Gasteiger partial charge in [-0.25, -0.2) is 9.45 Å². The van der Waals surface area contributed by atoms with Gasteiger partial charge < -0.3 is 0 Å². The lowest BCUT2D eigenvalue weighted by molar-refractivity contribution is -0.165. The fraction of sp³-hybridized carbons (Fsp3) is 0.350. The van der Waals surface area contributed by atoms with Crippen molar-refractivity contribution in [2.45, 2.75) is 44.6 Å². The van der Waals surface area contributed by atoms with Crippen LogP contribution >= 0.6 is 0 Å². The molecule has 1 saturated heterocycles. The third-order valence-corrected chi connectivity index (χ3v) is 4.87. The van der Waals surface area contributed by atoms with Gasteiger partial charge in [0, 0.05) is 12.0 Å². The van der Waals surface area contributed by atoms with Crippen LogP contribution in [0.2, 0.25) is 0 Å². The summed E-state index contributed by atoms with van der Waals surface area (Å²) in [4.78, 5) is 11.3. The maximum Gasteiger partial charge on any atom is 0.246 e. The number of hydrogen-bond donors (Lipinski definition) is 1. The van der Waals surface area contributed by atoms with Crippen LogP contribution in [0.3, 0.4) is 0 Å². The van der Waals surface area contributed by atoms with Crippen LogP contribution in [0.5, 0.6) is 0 Å². The molecule has 24 heavy (non-hydrogen) atoms. The minimum absolute atomic E-state index is 0.103. The van der Waals surface area contributed by atoms with Crippen LogP contribution in [-0.4, -0.2) is 22.2 Å². The third kappa shape index (κ3) is 3.49. The SMILES string of the molecule is CC(CCC1CCC(=O)N1O)c1ccc(-c2ccccc2)c(F)c1. The summed E-state index contributed by atoms with van der Waals surface area (Å²) >= 11 is 0. The van der Waals surface area contributed by atoms with Gasteiger partial charge in [-0.2, -0.15) is 0 Å². The first-order valence-corrected chi connectivity index (χ1v) is 8.42. The smallest absolute Gasteiger partial charge is 0.246 e. The van der Waals surface area contributed by atoms with Crippen molar-refractivity contribution < 1.29 is 14.4 Å². The minimum atomic E-state index is -0.217. The Morgan fingerprint density at radius 3 is 2.62 bits per heavy atom. The molecule has 3 rings (SSSR count). The topological polar surface area (TPSA) is 40.5 Å². The van der Waals surface area contributed by atoms with Gasteiger partial charge in [-0.3, -0.25) is 10.0 Å². The summed E-state index contributed by atoms with van der Waals surface area (Å²) in [6, 6.07) is 14.8. The number of amides is 1. The van der Waals surface area contributed by atoms with Crippen LogP contribution in [0.4, 0.5) is 4.39 Å². The second-order valence-electron chi connectivity index (χ2n) is 6.51. The van der Waals surface area contributed by atoms with E-state index < -0.39 is 0 Å². The van der Waals surface area contributed by atoms with Gasteiger partial charge in [-0.05, 0) is 42.4 Å². The number of hydrogen-bond acceptors (Lipinski definition) is 2. The lowest BCUT2D eigenvalue weighted by atomic mass is 9.92. The summed E-state index contributed by atoms with van der Waals surface area (Å²) < 4.78 is 14.5. The van der Waals surface area contributed by atoms with Crippen molar-refractivity contribution >= 4 is 5.91 Å². The molecule has 1 heterocycles. The highest BCUT2D eigenvalue weighted by molar-refractivity contribution is 5.77. The van der Waals surface area contributed by atoms with Gasteiger partial charge in [0.15, 0.2) is 0 Å². The summed E-state index contributed by atoms with van der Waals surface area (Å²) in [6.07, 6.45) is 2.64. The molecule has 4 heteroatoms. The molecule has 1 aliphatic rings. The first-order chi connectivity index (χ1) is 11.6. The zero-order valence-electron chi connectivity index (χ0n) is 13.8. The minimum Gasteiger partial charge on any atom is -0.286 e. The van der Waals surface area contributed by atoms with Crippen LogP contribution in [0, 0.1) is 5.82 Å². The van der Waals surface area contributed by atoms with E-state index in [1.807, 2.05) is 42.5 Å². The van der Waals surface area contributed by atoms with E-state index in [2.05, 4.69) is 6.92 Å². The molecule has 0 radical (unpaired) electrons. The Morgan fingerprint density at radius 2 is 2.00 bits per heavy atom. The Hall–Kier alpha value is -2.20. The van der Waals surface area contributed by atoms with Gasteiger partial charge in [0.25, 0.3) is 0 Å². The van der Waals surface area contributed by atoms with Gasteiger partial charge in [-0.1, -0.05) is 49.4 Å². The predicted molar refractivity (Wildman–Crippen MR) is 91.1 cm³/mol. The molecule has 1 N–H and O–H groups in total. The number of carbonyl (C=O) groups is 1. The Labute approximate surface area is 141 Å². The fourth-order valence-corrected chi connectivity index (χ4v) is 3.30.